The number of imidazole rings is 1. The van der Waals surface area contributed by atoms with E-state index in [9.17, 15) is 27.9 Å². The Morgan fingerprint density at radius 1 is 1.18 bits per heavy atom. The Kier molecular flexibility index (Phi) is 7.12. The number of carbonyl (C=O) groups excluding carboxylic acids is 2. The Labute approximate surface area is 225 Å². The van der Waals surface area contributed by atoms with Gasteiger partial charge in [-0.15, -0.1) is 0 Å². The molecule has 2 amide bonds. The lowest BCUT2D eigenvalue weighted by atomic mass is 10.1. The molecule has 208 valence electrons. The van der Waals surface area contributed by atoms with Crippen LogP contribution in [0.4, 0.5) is 24.8 Å². The zero-order valence-corrected chi connectivity index (χ0v) is 21.1. The first-order valence-electron chi connectivity index (χ1n) is 12.2. The molecule has 0 aliphatic carbocycles. The number of hydrogen-bond donors (Lipinski definition) is 3. The van der Waals surface area contributed by atoms with Crippen molar-refractivity contribution < 1.29 is 32.6 Å². The van der Waals surface area contributed by atoms with Crippen molar-refractivity contribution in [1.29, 1.82) is 0 Å². The second-order valence-electron chi connectivity index (χ2n) is 9.13. The van der Waals surface area contributed by atoms with Gasteiger partial charge in [-0.25, -0.2) is 15.0 Å². The molecule has 3 aromatic heterocycles. The van der Waals surface area contributed by atoms with Crippen molar-refractivity contribution in [2.75, 3.05) is 30.7 Å². The van der Waals surface area contributed by atoms with Gasteiger partial charge in [-0.05, 0) is 31.2 Å². The van der Waals surface area contributed by atoms with Crippen molar-refractivity contribution in [2.24, 2.45) is 0 Å². The van der Waals surface area contributed by atoms with Crippen molar-refractivity contribution in [3.8, 4) is 11.3 Å². The number of aromatic nitrogens is 4. The maximum absolute atomic E-state index is 13.0. The molecule has 1 aliphatic rings. The van der Waals surface area contributed by atoms with Gasteiger partial charge >= 0.3 is 6.18 Å². The summed E-state index contributed by atoms with van der Waals surface area (Å²) in [5, 5.41) is 12.1. The first kappa shape index (κ1) is 27.0. The van der Waals surface area contributed by atoms with Crippen LogP contribution < -0.4 is 11.1 Å². The zero-order chi connectivity index (χ0) is 28.6. The van der Waals surface area contributed by atoms with Gasteiger partial charge in [0.2, 0.25) is 0 Å². The van der Waals surface area contributed by atoms with Gasteiger partial charge in [-0.3, -0.25) is 14.0 Å². The SMILES string of the molecule is CC(O)C(=O)N1CCO[C@@H](c2nc(-c3ccc(C(=O)Nc4cc(C(F)(F)F)ccn4)cc3)c3c(N)nccn23)C1. The number of anilines is 2. The summed E-state index contributed by atoms with van der Waals surface area (Å²) in [5.74, 6) is -0.623. The molecule has 0 bridgehead atoms. The molecule has 11 nitrogen and oxygen atoms in total. The highest BCUT2D eigenvalue weighted by molar-refractivity contribution is 6.04. The van der Waals surface area contributed by atoms with Crippen LogP contribution in [0.5, 0.6) is 0 Å². The third kappa shape index (κ3) is 5.31. The molecule has 1 fully saturated rings. The van der Waals surface area contributed by atoms with E-state index in [0.717, 1.165) is 18.3 Å². The van der Waals surface area contributed by atoms with Gasteiger partial charge in [0.15, 0.2) is 0 Å². The summed E-state index contributed by atoms with van der Waals surface area (Å²) in [6.07, 6.45) is -2.18. The third-order valence-corrected chi connectivity index (χ3v) is 6.38. The van der Waals surface area contributed by atoms with Gasteiger partial charge in [0.25, 0.3) is 11.8 Å². The van der Waals surface area contributed by atoms with Crippen LogP contribution in [0, 0.1) is 0 Å². The van der Waals surface area contributed by atoms with Crippen LogP contribution >= 0.6 is 0 Å². The van der Waals surface area contributed by atoms with Crippen molar-refractivity contribution in [3.05, 3.63) is 71.9 Å². The van der Waals surface area contributed by atoms with Crippen molar-refractivity contribution >= 4 is 29.0 Å². The zero-order valence-electron chi connectivity index (χ0n) is 21.1. The maximum Gasteiger partial charge on any atom is 0.416 e. The van der Waals surface area contributed by atoms with Crippen LogP contribution in [0.3, 0.4) is 0 Å². The number of aliphatic hydroxyl groups is 1. The van der Waals surface area contributed by atoms with Gasteiger partial charge < -0.3 is 25.8 Å². The molecule has 4 N–H and O–H groups in total. The molecule has 1 aliphatic heterocycles. The third-order valence-electron chi connectivity index (χ3n) is 6.38. The fraction of sp³-hybridized carbons (Fsp3) is 0.269. The average molecular weight is 556 g/mol. The minimum atomic E-state index is -4.57. The smallest absolute Gasteiger partial charge is 0.384 e. The average Bonchev–Trinajstić information content (AvgIpc) is 3.33. The number of carbonyl (C=O) groups is 2. The van der Waals surface area contributed by atoms with E-state index in [-0.39, 0.29) is 30.4 Å². The van der Waals surface area contributed by atoms with Crippen molar-refractivity contribution in [2.45, 2.75) is 25.3 Å². The summed E-state index contributed by atoms with van der Waals surface area (Å²) in [6, 6.07) is 7.81. The van der Waals surface area contributed by atoms with Gasteiger partial charge in [0, 0.05) is 36.3 Å². The fourth-order valence-corrected chi connectivity index (χ4v) is 4.43. The molecule has 0 radical (unpaired) electrons. The summed E-state index contributed by atoms with van der Waals surface area (Å²) in [4.78, 5) is 39.3. The van der Waals surface area contributed by atoms with Crippen LogP contribution in [0.25, 0.3) is 16.8 Å². The molecule has 1 unspecified atom stereocenters. The summed E-state index contributed by atoms with van der Waals surface area (Å²) >= 11 is 0. The molecule has 40 heavy (non-hydrogen) atoms. The summed E-state index contributed by atoms with van der Waals surface area (Å²) in [5.41, 5.74) is 6.98. The molecule has 0 saturated carbocycles. The minimum Gasteiger partial charge on any atom is -0.384 e. The number of nitrogen functional groups attached to an aromatic ring is 1. The number of pyridine rings is 1. The van der Waals surface area contributed by atoms with E-state index in [1.807, 2.05) is 0 Å². The molecule has 2 atom stereocenters. The molecule has 14 heteroatoms. The van der Waals surface area contributed by atoms with Gasteiger partial charge in [0.05, 0.1) is 18.7 Å². The fourth-order valence-electron chi connectivity index (χ4n) is 4.43. The number of benzene rings is 1. The van der Waals surface area contributed by atoms with E-state index in [1.165, 1.54) is 30.2 Å². The Morgan fingerprint density at radius 3 is 2.62 bits per heavy atom. The Hall–Kier alpha value is -4.56. The number of alkyl halides is 3. The molecular formula is C26H24F3N7O4. The number of ether oxygens (including phenoxy) is 1. The number of amides is 2. The number of halogens is 3. The number of fused-ring (bicyclic) bond motifs is 1. The lowest BCUT2D eigenvalue weighted by molar-refractivity contribution is -0.147. The van der Waals surface area contributed by atoms with Crippen LogP contribution in [0.2, 0.25) is 0 Å². The first-order chi connectivity index (χ1) is 19.0. The van der Waals surface area contributed by atoms with E-state index >= 15 is 0 Å². The topological polar surface area (TPSA) is 148 Å². The van der Waals surface area contributed by atoms with Gasteiger partial charge in [0.1, 0.15) is 40.9 Å². The molecule has 0 spiro atoms. The van der Waals surface area contributed by atoms with Crippen LogP contribution in [-0.4, -0.2) is 67.0 Å². The molecule has 1 aromatic carbocycles. The summed E-state index contributed by atoms with van der Waals surface area (Å²) in [7, 11) is 0. The highest BCUT2D eigenvalue weighted by atomic mass is 19.4. The largest absolute Gasteiger partial charge is 0.416 e. The highest BCUT2D eigenvalue weighted by Crippen LogP contribution is 2.33. The van der Waals surface area contributed by atoms with Crippen molar-refractivity contribution in [3.63, 3.8) is 0 Å². The minimum absolute atomic E-state index is 0.174. The van der Waals surface area contributed by atoms with E-state index in [4.69, 9.17) is 15.5 Å². The Balaban J connectivity index is 1.42. The van der Waals surface area contributed by atoms with E-state index in [0.29, 0.717) is 29.1 Å². The Morgan fingerprint density at radius 2 is 1.93 bits per heavy atom. The lowest BCUT2D eigenvalue weighted by Gasteiger charge is -2.33. The number of nitrogens with one attached hydrogen (secondary N) is 1. The summed E-state index contributed by atoms with van der Waals surface area (Å²) in [6.45, 7) is 2.16. The number of hydrogen-bond acceptors (Lipinski definition) is 8. The van der Waals surface area contributed by atoms with Crippen LogP contribution in [-0.2, 0) is 15.7 Å². The second-order valence-corrected chi connectivity index (χ2v) is 9.13. The lowest BCUT2D eigenvalue weighted by Crippen LogP contribution is -2.46. The normalized spacial score (nSPS) is 16.6. The molecule has 4 aromatic rings. The molecular weight excluding hydrogens is 531 g/mol. The second kappa shape index (κ2) is 10.5. The number of nitrogens with zero attached hydrogens (tertiary/aromatic N) is 5. The number of aliphatic hydroxyl groups excluding tert-OH is 1. The van der Waals surface area contributed by atoms with E-state index in [2.05, 4.69) is 15.3 Å². The number of nitrogens with two attached hydrogens (primary N) is 1. The predicted octanol–water partition coefficient (Wildman–Crippen LogP) is 2.93. The number of morpholine rings is 1. The maximum atomic E-state index is 13.0. The van der Waals surface area contributed by atoms with Gasteiger partial charge in [-0.2, -0.15) is 13.2 Å². The van der Waals surface area contributed by atoms with E-state index < -0.39 is 35.8 Å². The number of rotatable bonds is 5. The Bertz CT molecular complexity index is 1570. The standard InChI is InChI=1S/C26H24F3N7O4/c1-14(37)25(39)35-10-11-40-18(13-35)23-34-20(21-22(30)32-8-9-36(21)23)15-2-4-16(5-3-15)24(38)33-19-12-17(6-7-31-19)26(27,28)29/h2-9,12,14,18,37H,10-11,13H2,1H3,(H2,30,32)(H,31,33,38)/t14?,18-/m1/s1. The first-order valence-corrected chi connectivity index (χ1v) is 12.2. The van der Waals surface area contributed by atoms with Gasteiger partial charge in [-0.1, -0.05) is 12.1 Å². The van der Waals surface area contributed by atoms with E-state index in [1.54, 1.807) is 22.7 Å². The molecule has 5 rings (SSSR count). The highest BCUT2D eigenvalue weighted by Gasteiger charge is 2.32. The van der Waals surface area contributed by atoms with Crippen molar-refractivity contribution in [1.82, 2.24) is 24.3 Å². The monoisotopic (exact) mass is 555 g/mol. The molecule has 4 heterocycles. The summed E-state index contributed by atoms with van der Waals surface area (Å²) < 4.78 is 46.6. The van der Waals surface area contributed by atoms with Crippen LogP contribution in [0.15, 0.2) is 55.0 Å². The van der Waals surface area contributed by atoms with Crippen LogP contribution in [0.1, 0.15) is 34.8 Å². The predicted molar refractivity (Wildman–Crippen MR) is 137 cm³/mol. The molecule has 1 saturated heterocycles. The quantitative estimate of drug-likeness (QED) is 0.341.